The molecule has 1 N–H and O–H groups in total. The van der Waals surface area contributed by atoms with Crippen molar-refractivity contribution in [1.82, 2.24) is 4.98 Å². The highest BCUT2D eigenvalue weighted by atomic mass is 16.9. The highest BCUT2D eigenvalue weighted by Gasteiger charge is 1.95. The zero-order valence-electron chi connectivity index (χ0n) is 16.6. The van der Waals surface area contributed by atoms with E-state index in [4.69, 9.17) is 15.3 Å². The molecule has 0 aliphatic heterocycles. The number of rotatable bonds is 15. The minimum atomic E-state index is -1.50. The lowest BCUT2D eigenvalue weighted by Gasteiger charge is -2.03. The highest BCUT2D eigenvalue weighted by Crippen LogP contribution is 2.13. The summed E-state index contributed by atoms with van der Waals surface area (Å²) in [4.78, 5) is 12.7. The average Bonchev–Trinajstić information content (AvgIpc) is 2.62. The van der Waals surface area contributed by atoms with Gasteiger partial charge in [0.15, 0.2) is 0 Å². The molecule has 0 atom stereocenters. The molecule has 150 valence electrons. The summed E-state index contributed by atoms with van der Waals surface area (Å²) < 4.78 is 0. The SMILES string of the molecule is CCCCCCCCCCCCCCCCc1ccccn1.O=[N+]([O-])O. The van der Waals surface area contributed by atoms with Crippen LogP contribution in [0.1, 0.15) is 103 Å². The van der Waals surface area contributed by atoms with Gasteiger partial charge in [0.05, 0.1) is 0 Å². The molecule has 0 spiro atoms. The van der Waals surface area contributed by atoms with Crippen LogP contribution >= 0.6 is 0 Å². The molecule has 0 aromatic carbocycles. The Hall–Kier alpha value is -1.65. The van der Waals surface area contributed by atoms with E-state index >= 15 is 0 Å². The lowest BCUT2D eigenvalue weighted by Crippen LogP contribution is -1.89. The fourth-order valence-electron chi connectivity index (χ4n) is 3.05. The molecule has 0 saturated carbocycles. The molecular formula is C21H38N2O3. The molecule has 0 bridgehead atoms. The molecular weight excluding hydrogens is 328 g/mol. The van der Waals surface area contributed by atoms with E-state index in [1.807, 2.05) is 12.3 Å². The number of nitrogens with zero attached hydrogens (tertiary/aromatic N) is 2. The molecule has 1 aromatic heterocycles. The second-order valence-corrected chi connectivity index (χ2v) is 6.91. The van der Waals surface area contributed by atoms with Crippen LogP contribution < -0.4 is 0 Å². The fourth-order valence-corrected chi connectivity index (χ4v) is 3.05. The number of aromatic nitrogens is 1. The average molecular weight is 367 g/mol. The summed E-state index contributed by atoms with van der Waals surface area (Å²) in [6, 6.07) is 6.23. The van der Waals surface area contributed by atoms with Gasteiger partial charge in [-0.1, -0.05) is 96.5 Å². The van der Waals surface area contributed by atoms with Crippen molar-refractivity contribution in [1.29, 1.82) is 0 Å². The van der Waals surface area contributed by atoms with Crippen molar-refractivity contribution in [3.8, 4) is 0 Å². The molecule has 1 aromatic rings. The van der Waals surface area contributed by atoms with Gasteiger partial charge in [0, 0.05) is 11.9 Å². The Morgan fingerprint density at radius 1 is 0.846 bits per heavy atom. The highest BCUT2D eigenvalue weighted by molar-refractivity contribution is 5.03. The van der Waals surface area contributed by atoms with Gasteiger partial charge in [0.1, 0.15) is 0 Å². The zero-order valence-corrected chi connectivity index (χ0v) is 16.6. The van der Waals surface area contributed by atoms with Crippen molar-refractivity contribution in [2.45, 2.75) is 103 Å². The molecule has 0 fully saturated rings. The van der Waals surface area contributed by atoms with Crippen LogP contribution in [0, 0.1) is 10.1 Å². The summed E-state index contributed by atoms with van der Waals surface area (Å²) in [5.41, 5.74) is 1.25. The Kier molecular flexibility index (Phi) is 18.4. The molecule has 5 nitrogen and oxygen atoms in total. The van der Waals surface area contributed by atoms with Crippen LogP contribution in [0.3, 0.4) is 0 Å². The Morgan fingerprint density at radius 2 is 1.27 bits per heavy atom. The maximum absolute atomic E-state index is 8.36. The van der Waals surface area contributed by atoms with Crippen molar-refractivity contribution >= 4 is 0 Å². The quantitative estimate of drug-likeness (QED) is 0.211. The van der Waals surface area contributed by atoms with Gasteiger partial charge in [-0.05, 0) is 25.0 Å². The largest absolute Gasteiger partial charge is 0.328 e. The number of hydrogen-bond acceptors (Lipinski definition) is 3. The Bertz CT molecular complexity index is 409. The topological polar surface area (TPSA) is 76.3 Å². The maximum atomic E-state index is 8.36. The van der Waals surface area contributed by atoms with Crippen LogP contribution in [0.4, 0.5) is 0 Å². The minimum absolute atomic E-state index is 1.15. The van der Waals surface area contributed by atoms with Gasteiger partial charge in [-0.25, -0.2) is 0 Å². The summed E-state index contributed by atoms with van der Waals surface area (Å²) in [5, 5.41) is 13.6. The van der Waals surface area contributed by atoms with Crippen LogP contribution in [0.15, 0.2) is 24.4 Å². The van der Waals surface area contributed by atoms with E-state index in [0.29, 0.717) is 0 Å². The minimum Gasteiger partial charge on any atom is -0.328 e. The third-order valence-electron chi connectivity index (χ3n) is 4.51. The lowest BCUT2D eigenvalue weighted by molar-refractivity contribution is -0.742. The summed E-state index contributed by atoms with van der Waals surface area (Å²) in [5.74, 6) is 0. The summed E-state index contributed by atoms with van der Waals surface area (Å²) >= 11 is 0. The van der Waals surface area contributed by atoms with E-state index in [-0.39, 0.29) is 0 Å². The smallest absolute Gasteiger partial charge is 0.291 e. The first-order chi connectivity index (χ1) is 12.7. The normalized spacial score (nSPS) is 10.2. The first kappa shape index (κ1) is 24.4. The van der Waals surface area contributed by atoms with Crippen LogP contribution in [-0.2, 0) is 6.42 Å². The lowest BCUT2D eigenvalue weighted by atomic mass is 10.0. The predicted molar refractivity (Wildman–Crippen MR) is 107 cm³/mol. The van der Waals surface area contributed by atoms with E-state index in [2.05, 4.69) is 24.0 Å². The van der Waals surface area contributed by atoms with Crippen LogP contribution in [0.2, 0.25) is 0 Å². The molecule has 0 aliphatic rings. The standard InChI is InChI=1S/C21H37N.HNO3/c1-2-3-4-5-6-7-8-9-10-11-12-13-14-15-18-21-19-16-17-20-22-21;2-1(3)4/h16-17,19-20H,2-15,18H2,1H3;(H,2,3,4). The first-order valence-corrected chi connectivity index (χ1v) is 10.4. The van der Waals surface area contributed by atoms with Crippen molar-refractivity contribution in [3.63, 3.8) is 0 Å². The van der Waals surface area contributed by atoms with Crippen LogP contribution in [-0.4, -0.2) is 15.3 Å². The van der Waals surface area contributed by atoms with Gasteiger partial charge in [-0.3, -0.25) is 4.98 Å². The first-order valence-electron chi connectivity index (χ1n) is 10.4. The Morgan fingerprint density at radius 3 is 1.65 bits per heavy atom. The second kappa shape index (κ2) is 19.7. The van der Waals surface area contributed by atoms with E-state index in [9.17, 15) is 0 Å². The third-order valence-corrected chi connectivity index (χ3v) is 4.51. The van der Waals surface area contributed by atoms with Gasteiger partial charge >= 0.3 is 0 Å². The summed E-state index contributed by atoms with van der Waals surface area (Å²) in [6.45, 7) is 2.29. The van der Waals surface area contributed by atoms with Crippen molar-refractivity contribution in [2.24, 2.45) is 0 Å². The van der Waals surface area contributed by atoms with Gasteiger partial charge in [0.2, 0.25) is 0 Å². The molecule has 0 aliphatic carbocycles. The van der Waals surface area contributed by atoms with Crippen LogP contribution in [0.5, 0.6) is 0 Å². The molecule has 0 unspecified atom stereocenters. The fraction of sp³-hybridized carbons (Fsp3) is 0.762. The Balaban J connectivity index is 0.00000141. The molecule has 1 rings (SSSR count). The number of unbranched alkanes of at least 4 members (excludes halogenated alkanes) is 13. The predicted octanol–water partition coefficient (Wildman–Crippen LogP) is 6.76. The monoisotopic (exact) mass is 366 g/mol. The molecule has 1 heterocycles. The van der Waals surface area contributed by atoms with Crippen molar-refractivity contribution in [2.75, 3.05) is 0 Å². The summed E-state index contributed by atoms with van der Waals surface area (Å²) in [6.07, 6.45) is 23.0. The molecule has 0 amide bonds. The van der Waals surface area contributed by atoms with E-state index in [0.717, 1.165) is 6.42 Å². The Labute approximate surface area is 159 Å². The molecule has 5 heteroatoms. The number of aryl methyl sites for hydroxylation is 1. The van der Waals surface area contributed by atoms with Gasteiger partial charge in [-0.2, -0.15) is 0 Å². The van der Waals surface area contributed by atoms with Crippen molar-refractivity contribution < 1.29 is 10.3 Å². The van der Waals surface area contributed by atoms with Crippen LogP contribution in [0.25, 0.3) is 0 Å². The van der Waals surface area contributed by atoms with E-state index in [1.165, 1.54) is 95.6 Å². The van der Waals surface area contributed by atoms with Gasteiger partial charge in [-0.15, -0.1) is 10.1 Å². The third kappa shape index (κ3) is 20.4. The van der Waals surface area contributed by atoms with Gasteiger partial charge in [0.25, 0.3) is 5.09 Å². The molecule has 26 heavy (non-hydrogen) atoms. The van der Waals surface area contributed by atoms with E-state index < -0.39 is 5.09 Å². The van der Waals surface area contributed by atoms with E-state index in [1.54, 1.807) is 0 Å². The zero-order chi connectivity index (χ0) is 19.3. The van der Waals surface area contributed by atoms with Gasteiger partial charge < -0.3 is 5.21 Å². The number of pyridine rings is 1. The molecule has 0 radical (unpaired) electrons. The maximum Gasteiger partial charge on any atom is 0.291 e. The molecule has 0 saturated heterocycles. The number of hydrogen-bond donors (Lipinski definition) is 1. The summed E-state index contributed by atoms with van der Waals surface area (Å²) in [7, 11) is 0. The van der Waals surface area contributed by atoms with Crippen molar-refractivity contribution in [3.05, 3.63) is 40.2 Å². The second-order valence-electron chi connectivity index (χ2n) is 6.91.